The summed E-state index contributed by atoms with van der Waals surface area (Å²) in [4.78, 5) is 19.9. The van der Waals surface area contributed by atoms with Gasteiger partial charge in [0, 0.05) is 36.8 Å². The molecule has 3 heteroatoms. The fourth-order valence-electron chi connectivity index (χ4n) is 1.70. The topological polar surface area (TPSA) is 42.9 Å². The van der Waals surface area contributed by atoms with E-state index in [9.17, 15) is 4.79 Å². The first kappa shape index (κ1) is 11.5. The van der Waals surface area contributed by atoms with E-state index in [2.05, 4.69) is 9.97 Å². The highest BCUT2D eigenvalue weighted by Gasteiger charge is 2.08. The molecule has 0 unspecified atom stereocenters. The van der Waals surface area contributed by atoms with Gasteiger partial charge < -0.3 is 0 Å². The number of nitrogens with zero attached hydrogens (tertiary/aromatic N) is 2. The van der Waals surface area contributed by atoms with E-state index in [1.165, 1.54) is 0 Å². The molecule has 0 fully saturated rings. The molecule has 0 N–H and O–H groups in total. The lowest BCUT2D eigenvalue weighted by Gasteiger charge is -2.03. The standard InChI is InChI=1S/C14H14N2O/c1-11-4-7-16-10-13(11)14(17)3-2-12-5-8-15-9-6-12/h4-10H,2-3H2,1H3. The number of carbonyl (C=O) groups excluding carboxylic acids is 1. The minimum absolute atomic E-state index is 0.146. The van der Waals surface area contributed by atoms with Gasteiger partial charge in [0.05, 0.1) is 0 Å². The Labute approximate surface area is 101 Å². The number of hydrogen-bond donors (Lipinski definition) is 0. The van der Waals surface area contributed by atoms with Gasteiger partial charge >= 0.3 is 0 Å². The second-order valence-electron chi connectivity index (χ2n) is 3.97. The van der Waals surface area contributed by atoms with Crippen molar-refractivity contribution in [3.63, 3.8) is 0 Å². The van der Waals surface area contributed by atoms with Gasteiger partial charge in [0.2, 0.25) is 0 Å². The molecule has 0 radical (unpaired) electrons. The Hall–Kier alpha value is -2.03. The molecule has 86 valence electrons. The summed E-state index contributed by atoms with van der Waals surface area (Å²) in [5, 5.41) is 0. The number of hydrogen-bond acceptors (Lipinski definition) is 3. The summed E-state index contributed by atoms with van der Waals surface area (Å²) in [5.74, 6) is 0.146. The van der Waals surface area contributed by atoms with Crippen LogP contribution in [0.15, 0.2) is 43.0 Å². The highest BCUT2D eigenvalue weighted by molar-refractivity contribution is 5.97. The zero-order chi connectivity index (χ0) is 12.1. The fourth-order valence-corrected chi connectivity index (χ4v) is 1.70. The Kier molecular flexibility index (Phi) is 3.60. The Morgan fingerprint density at radius 1 is 1.12 bits per heavy atom. The van der Waals surface area contributed by atoms with Gasteiger partial charge in [-0.1, -0.05) is 0 Å². The largest absolute Gasteiger partial charge is 0.294 e. The van der Waals surface area contributed by atoms with Crippen molar-refractivity contribution in [1.82, 2.24) is 9.97 Å². The van der Waals surface area contributed by atoms with Gasteiger partial charge in [0.1, 0.15) is 0 Å². The predicted octanol–water partition coefficient (Wildman–Crippen LogP) is 2.60. The Balaban J connectivity index is 2.01. The molecule has 0 aliphatic heterocycles. The van der Waals surface area contributed by atoms with Gasteiger partial charge in [-0.3, -0.25) is 14.8 Å². The van der Waals surface area contributed by atoms with Crippen molar-refractivity contribution in [2.75, 3.05) is 0 Å². The molecule has 3 nitrogen and oxygen atoms in total. The normalized spacial score (nSPS) is 10.2. The summed E-state index contributed by atoms with van der Waals surface area (Å²) >= 11 is 0. The van der Waals surface area contributed by atoms with Gasteiger partial charge in [0.25, 0.3) is 0 Å². The molecular formula is C14H14N2O. The number of carbonyl (C=O) groups is 1. The SMILES string of the molecule is Cc1ccncc1C(=O)CCc1ccncc1. The minimum Gasteiger partial charge on any atom is -0.294 e. The molecule has 0 spiro atoms. The Bertz CT molecular complexity index is 509. The Morgan fingerprint density at radius 2 is 1.82 bits per heavy atom. The first-order valence-electron chi connectivity index (χ1n) is 5.60. The van der Waals surface area contributed by atoms with Crippen molar-refractivity contribution in [2.45, 2.75) is 19.8 Å². The van der Waals surface area contributed by atoms with E-state index in [4.69, 9.17) is 0 Å². The van der Waals surface area contributed by atoms with Crippen molar-refractivity contribution in [1.29, 1.82) is 0 Å². The maximum absolute atomic E-state index is 12.0. The molecule has 0 atom stereocenters. The van der Waals surface area contributed by atoms with Crippen LogP contribution in [0.5, 0.6) is 0 Å². The zero-order valence-corrected chi connectivity index (χ0v) is 9.76. The quantitative estimate of drug-likeness (QED) is 0.752. The summed E-state index contributed by atoms with van der Waals surface area (Å²) in [6.45, 7) is 1.93. The van der Waals surface area contributed by atoms with Crippen LogP contribution in [0.4, 0.5) is 0 Å². The van der Waals surface area contributed by atoms with Crippen molar-refractivity contribution in [3.8, 4) is 0 Å². The van der Waals surface area contributed by atoms with Gasteiger partial charge in [0.15, 0.2) is 5.78 Å². The van der Waals surface area contributed by atoms with E-state index in [-0.39, 0.29) is 5.78 Å². The van der Waals surface area contributed by atoms with Gasteiger partial charge in [-0.2, -0.15) is 0 Å². The molecule has 17 heavy (non-hydrogen) atoms. The number of Topliss-reactive ketones (excluding diaryl/α,β-unsaturated/α-hetero) is 1. The van der Waals surface area contributed by atoms with Gasteiger partial charge in [-0.15, -0.1) is 0 Å². The van der Waals surface area contributed by atoms with E-state index >= 15 is 0 Å². The average Bonchev–Trinajstić information content (AvgIpc) is 2.38. The van der Waals surface area contributed by atoms with E-state index < -0.39 is 0 Å². The van der Waals surface area contributed by atoms with Crippen LogP contribution in [0.3, 0.4) is 0 Å². The van der Waals surface area contributed by atoms with Crippen molar-refractivity contribution in [2.24, 2.45) is 0 Å². The molecule has 0 amide bonds. The molecule has 0 bridgehead atoms. The summed E-state index contributed by atoms with van der Waals surface area (Å²) in [6, 6.07) is 5.73. The number of aryl methyl sites for hydroxylation is 2. The lowest BCUT2D eigenvalue weighted by Crippen LogP contribution is -2.04. The first-order chi connectivity index (χ1) is 8.27. The van der Waals surface area contributed by atoms with Crippen LogP contribution in [0.1, 0.15) is 27.9 Å². The molecular weight excluding hydrogens is 212 g/mol. The zero-order valence-electron chi connectivity index (χ0n) is 9.76. The molecule has 2 aromatic heterocycles. The van der Waals surface area contributed by atoms with Crippen LogP contribution >= 0.6 is 0 Å². The van der Waals surface area contributed by atoms with Gasteiger partial charge in [-0.05, 0) is 42.7 Å². The highest BCUT2D eigenvalue weighted by atomic mass is 16.1. The van der Waals surface area contributed by atoms with E-state index in [0.29, 0.717) is 6.42 Å². The van der Waals surface area contributed by atoms with Crippen LogP contribution in [0.2, 0.25) is 0 Å². The highest BCUT2D eigenvalue weighted by Crippen LogP contribution is 2.10. The molecule has 0 saturated carbocycles. The second-order valence-corrected chi connectivity index (χ2v) is 3.97. The minimum atomic E-state index is 0.146. The fraction of sp³-hybridized carbons (Fsp3) is 0.214. The van der Waals surface area contributed by atoms with E-state index in [1.807, 2.05) is 25.1 Å². The number of rotatable bonds is 4. The lowest BCUT2D eigenvalue weighted by atomic mass is 10.0. The molecule has 0 aliphatic rings. The van der Waals surface area contributed by atoms with Crippen LogP contribution < -0.4 is 0 Å². The number of ketones is 1. The molecule has 2 heterocycles. The van der Waals surface area contributed by atoms with Gasteiger partial charge in [-0.25, -0.2) is 0 Å². The summed E-state index contributed by atoms with van der Waals surface area (Å²) in [7, 11) is 0. The maximum Gasteiger partial charge on any atom is 0.165 e. The molecule has 0 aromatic carbocycles. The average molecular weight is 226 g/mol. The van der Waals surface area contributed by atoms with Crippen LogP contribution in [-0.4, -0.2) is 15.8 Å². The summed E-state index contributed by atoms with van der Waals surface area (Å²) in [6.07, 6.45) is 8.09. The van der Waals surface area contributed by atoms with Crippen LogP contribution in [-0.2, 0) is 6.42 Å². The van der Waals surface area contributed by atoms with Crippen molar-refractivity contribution >= 4 is 5.78 Å². The third-order valence-electron chi connectivity index (χ3n) is 2.73. The van der Waals surface area contributed by atoms with Crippen LogP contribution in [0.25, 0.3) is 0 Å². The van der Waals surface area contributed by atoms with Crippen LogP contribution in [0, 0.1) is 6.92 Å². The van der Waals surface area contributed by atoms with E-state index in [1.54, 1.807) is 24.8 Å². The number of pyridine rings is 2. The summed E-state index contributed by atoms with van der Waals surface area (Å²) in [5.41, 5.74) is 2.84. The third-order valence-corrected chi connectivity index (χ3v) is 2.73. The predicted molar refractivity (Wildman–Crippen MR) is 65.9 cm³/mol. The smallest absolute Gasteiger partial charge is 0.165 e. The van der Waals surface area contributed by atoms with Crippen molar-refractivity contribution < 1.29 is 4.79 Å². The van der Waals surface area contributed by atoms with Crippen molar-refractivity contribution in [3.05, 3.63) is 59.7 Å². The lowest BCUT2D eigenvalue weighted by molar-refractivity contribution is 0.0982. The molecule has 2 rings (SSSR count). The summed E-state index contributed by atoms with van der Waals surface area (Å²) < 4.78 is 0. The first-order valence-corrected chi connectivity index (χ1v) is 5.60. The van der Waals surface area contributed by atoms with E-state index in [0.717, 1.165) is 23.1 Å². The Morgan fingerprint density at radius 3 is 2.53 bits per heavy atom. The monoisotopic (exact) mass is 226 g/mol. The third kappa shape index (κ3) is 2.97. The second kappa shape index (κ2) is 5.34. The number of aromatic nitrogens is 2. The molecule has 2 aromatic rings. The molecule has 0 aliphatic carbocycles. The maximum atomic E-state index is 12.0. The molecule has 0 saturated heterocycles.